The summed E-state index contributed by atoms with van der Waals surface area (Å²) in [5.74, 6) is -0.0596. The lowest BCUT2D eigenvalue weighted by atomic mass is 10.1. The van der Waals surface area contributed by atoms with E-state index in [4.69, 9.17) is 9.47 Å². The molecule has 1 saturated heterocycles. The maximum Gasteiger partial charge on any atom is 0.319 e. The molecule has 0 bridgehead atoms. The standard InChI is InChI=1S/C17H18FN3O3/c1-23-17-19-9-8-15(20-17)24-14-3-2-10-21(11-14)16(22)12-4-6-13(18)7-5-12/h4-9,14H,2-3,10-11H2,1H3. The van der Waals surface area contributed by atoms with Crippen LogP contribution in [-0.2, 0) is 0 Å². The quantitative estimate of drug-likeness (QED) is 0.860. The number of halogens is 1. The normalized spacial score (nSPS) is 17.4. The van der Waals surface area contributed by atoms with E-state index in [1.54, 1.807) is 17.2 Å². The van der Waals surface area contributed by atoms with Gasteiger partial charge in [-0.15, -0.1) is 0 Å². The van der Waals surface area contributed by atoms with Crippen molar-refractivity contribution in [2.75, 3.05) is 20.2 Å². The number of nitrogens with zero attached hydrogens (tertiary/aromatic N) is 3. The van der Waals surface area contributed by atoms with Gasteiger partial charge in [0.05, 0.1) is 13.7 Å². The molecule has 6 nitrogen and oxygen atoms in total. The van der Waals surface area contributed by atoms with Crippen molar-refractivity contribution in [1.82, 2.24) is 14.9 Å². The molecule has 0 saturated carbocycles. The van der Waals surface area contributed by atoms with E-state index >= 15 is 0 Å². The van der Waals surface area contributed by atoms with E-state index in [0.29, 0.717) is 24.5 Å². The molecule has 1 aromatic carbocycles. The van der Waals surface area contributed by atoms with Crippen molar-refractivity contribution in [2.24, 2.45) is 0 Å². The van der Waals surface area contributed by atoms with Crippen LogP contribution < -0.4 is 9.47 Å². The molecular formula is C17H18FN3O3. The number of benzene rings is 1. The molecule has 0 spiro atoms. The van der Waals surface area contributed by atoms with Crippen LogP contribution >= 0.6 is 0 Å². The third-order valence-corrected chi connectivity index (χ3v) is 3.83. The fraction of sp³-hybridized carbons (Fsp3) is 0.353. The lowest BCUT2D eigenvalue weighted by Gasteiger charge is -2.32. The highest BCUT2D eigenvalue weighted by molar-refractivity contribution is 5.94. The molecule has 2 aromatic rings. The minimum Gasteiger partial charge on any atom is -0.472 e. The van der Waals surface area contributed by atoms with Crippen LogP contribution in [0.3, 0.4) is 0 Å². The summed E-state index contributed by atoms with van der Waals surface area (Å²) in [6.07, 6.45) is 3.08. The van der Waals surface area contributed by atoms with Crippen molar-refractivity contribution >= 4 is 5.91 Å². The Balaban J connectivity index is 1.65. The molecule has 7 heteroatoms. The van der Waals surface area contributed by atoms with E-state index in [2.05, 4.69) is 9.97 Å². The topological polar surface area (TPSA) is 64.6 Å². The molecule has 1 atom stereocenters. The zero-order valence-electron chi connectivity index (χ0n) is 13.3. The Bertz CT molecular complexity index is 708. The predicted molar refractivity (Wildman–Crippen MR) is 84.5 cm³/mol. The first-order chi connectivity index (χ1) is 11.7. The van der Waals surface area contributed by atoms with Crippen molar-refractivity contribution in [3.63, 3.8) is 0 Å². The van der Waals surface area contributed by atoms with Gasteiger partial charge in [0.25, 0.3) is 5.91 Å². The third kappa shape index (κ3) is 3.79. The molecule has 1 unspecified atom stereocenters. The Hall–Kier alpha value is -2.70. The highest BCUT2D eigenvalue weighted by Gasteiger charge is 2.26. The summed E-state index contributed by atoms with van der Waals surface area (Å²) >= 11 is 0. The molecule has 0 N–H and O–H groups in total. The van der Waals surface area contributed by atoms with E-state index in [0.717, 1.165) is 12.8 Å². The number of aromatic nitrogens is 2. The smallest absolute Gasteiger partial charge is 0.319 e. The number of ether oxygens (including phenoxy) is 2. The van der Waals surface area contributed by atoms with Gasteiger partial charge in [-0.05, 0) is 37.1 Å². The molecule has 0 aliphatic carbocycles. The van der Waals surface area contributed by atoms with Crippen molar-refractivity contribution in [1.29, 1.82) is 0 Å². The number of likely N-dealkylation sites (tertiary alicyclic amines) is 1. The molecule has 1 aromatic heterocycles. The van der Waals surface area contributed by atoms with E-state index in [-0.39, 0.29) is 23.8 Å². The Morgan fingerprint density at radius 2 is 2.08 bits per heavy atom. The first kappa shape index (κ1) is 16.2. The Morgan fingerprint density at radius 3 is 2.83 bits per heavy atom. The minimum atomic E-state index is -0.357. The number of hydrogen-bond acceptors (Lipinski definition) is 5. The van der Waals surface area contributed by atoms with Crippen molar-refractivity contribution in [3.8, 4) is 11.9 Å². The first-order valence-corrected chi connectivity index (χ1v) is 7.74. The molecular weight excluding hydrogens is 313 g/mol. The van der Waals surface area contributed by atoms with Gasteiger partial charge in [0.1, 0.15) is 11.9 Å². The second-order valence-corrected chi connectivity index (χ2v) is 5.52. The summed E-state index contributed by atoms with van der Waals surface area (Å²) in [6.45, 7) is 1.12. The maximum absolute atomic E-state index is 13.0. The van der Waals surface area contributed by atoms with Gasteiger partial charge in [0.15, 0.2) is 0 Å². The average Bonchev–Trinajstić information content (AvgIpc) is 2.62. The van der Waals surface area contributed by atoms with E-state index in [9.17, 15) is 9.18 Å². The minimum absolute atomic E-state index is 0.122. The van der Waals surface area contributed by atoms with Crippen LogP contribution in [-0.4, -0.2) is 47.1 Å². The summed E-state index contributed by atoms with van der Waals surface area (Å²) in [4.78, 5) is 22.3. The van der Waals surface area contributed by atoms with Crippen molar-refractivity contribution in [3.05, 3.63) is 47.9 Å². The third-order valence-electron chi connectivity index (χ3n) is 3.83. The number of carbonyl (C=O) groups excluding carboxylic acids is 1. The summed E-state index contributed by atoms with van der Waals surface area (Å²) in [5.41, 5.74) is 0.473. The monoisotopic (exact) mass is 331 g/mol. The second kappa shape index (κ2) is 7.25. The molecule has 126 valence electrons. The molecule has 1 aliphatic heterocycles. The number of hydrogen-bond donors (Lipinski definition) is 0. The summed E-state index contributed by atoms with van der Waals surface area (Å²) in [6, 6.07) is 7.47. The van der Waals surface area contributed by atoms with Crippen LogP contribution in [0.1, 0.15) is 23.2 Å². The number of amides is 1. The van der Waals surface area contributed by atoms with Gasteiger partial charge >= 0.3 is 6.01 Å². The molecule has 1 aliphatic rings. The van der Waals surface area contributed by atoms with Crippen LogP contribution in [0.2, 0.25) is 0 Å². The molecule has 24 heavy (non-hydrogen) atoms. The summed E-state index contributed by atoms with van der Waals surface area (Å²) in [5, 5.41) is 0. The van der Waals surface area contributed by atoms with E-state index in [1.165, 1.54) is 31.4 Å². The number of rotatable bonds is 4. The fourth-order valence-electron chi connectivity index (χ4n) is 2.65. The highest BCUT2D eigenvalue weighted by atomic mass is 19.1. The van der Waals surface area contributed by atoms with Gasteiger partial charge in [-0.1, -0.05) is 0 Å². The number of piperidine rings is 1. The van der Waals surface area contributed by atoms with Gasteiger partial charge < -0.3 is 14.4 Å². The molecule has 0 radical (unpaired) electrons. The number of methoxy groups -OCH3 is 1. The lowest BCUT2D eigenvalue weighted by molar-refractivity contribution is 0.0525. The van der Waals surface area contributed by atoms with Crippen LogP contribution in [0.5, 0.6) is 11.9 Å². The molecule has 1 amide bonds. The zero-order valence-corrected chi connectivity index (χ0v) is 13.3. The Morgan fingerprint density at radius 1 is 1.29 bits per heavy atom. The van der Waals surface area contributed by atoms with Crippen LogP contribution in [0.25, 0.3) is 0 Å². The molecule has 1 fully saturated rings. The Labute approximate surface area is 139 Å². The first-order valence-electron chi connectivity index (χ1n) is 7.74. The maximum atomic E-state index is 13.0. The van der Waals surface area contributed by atoms with Crippen LogP contribution in [0.15, 0.2) is 36.5 Å². The van der Waals surface area contributed by atoms with Crippen molar-refractivity contribution in [2.45, 2.75) is 18.9 Å². The average molecular weight is 331 g/mol. The van der Waals surface area contributed by atoms with Gasteiger partial charge in [0.2, 0.25) is 5.88 Å². The zero-order chi connectivity index (χ0) is 16.9. The predicted octanol–water partition coefficient (Wildman–Crippen LogP) is 2.31. The summed E-state index contributed by atoms with van der Waals surface area (Å²) in [7, 11) is 1.49. The fourth-order valence-corrected chi connectivity index (χ4v) is 2.65. The van der Waals surface area contributed by atoms with Crippen molar-refractivity contribution < 1.29 is 18.7 Å². The van der Waals surface area contributed by atoms with E-state index < -0.39 is 0 Å². The summed E-state index contributed by atoms with van der Waals surface area (Å²) < 4.78 is 23.8. The number of carbonyl (C=O) groups is 1. The highest BCUT2D eigenvalue weighted by Crippen LogP contribution is 2.19. The van der Waals surface area contributed by atoms with E-state index in [1.807, 2.05) is 0 Å². The largest absolute Gasteiger partial charge is 0.472 e. The molecule has 2 heterocycles. The van der Waals surface area contributed by atoms with Crippen LogP contribution in [0, 0.1) is 5.82 Å². The van der Waals surface area contributed by atoms with Gasteiger partial charge in [-0.2, -0.15) is 4.98 Å². The van der Waals surface area contributed by atoms with Gasteiger partial charge in [-0.3, -0.25) is 4.79 Å². The van der Waals surface area contributed by atoms with Gasteiger partial charge in [0, 0.05) is 24.4 Å². The van der Waals surface area contributed by atoms with Crippen LogP contribution in [0.4, 0.5) is 4.39 Å². The second-order valence-electron chi connectivity index (χ2n) is 5.52. The molecule has 3 rings (SSSR count). The Kier molecular flexibility index (Phi) is 4.88. The lowest BCUT2D eigenvalue weighted by Crippen LogP contribution is -2.44. The van der Waals surface area contributed by atoms with Gasteiger partial charge in [-0.25, -0.2) is 9.37 Å². The SMILES string of the molecule is COc1nccc(OC2CCCN(C(=O)c3ccc(F)cc3)C2)n1.